The summed E-state index contributed by atoms with van der Waals surface area (Å²) < 4.78 is 5.50. The van der Waals surface area contributed by atoms with Crippen molar-refractivity contribution in [3.8, 4) is 0 Å². The van der Waals surface area contributed by atoms with Crippen molar-refractivity contribution in [1.29, 1.82) is 0 Å². The van der Waals surface area contributed by atoms with Gasteiger partial charge in [0.25, 0.3) is 0 Å². The summed E-state index contributed by atoms with van der Waals surface area (Å²) in [5.41, 5.74) is 4.94. The third kappa shape index (κ3) is 3.58. The predicted molar refractivity (Wildman–Crippen MR) is 73.5 cm³/mol. The van der Waals surface area contributed by atoms with E-state index >= 15 is 0 Å². The Kier molecular flexibility index (Phi) is 4.27. The SMILES string of the molecule is CC(C)(N)C(=O)NCC(c1ccco1)N1CCCC1. The van der Waals surface area contributed by atoms with Crippen molar-refractivity contribution in [2.24, 2.45) is 5.73 Å². The third-order valence-corrected chi connectivity index (χ3v) is 3.49. The summed E-state index contributed by atoms with van der Waals surface area (Å²) in [6.45, 7) is 6.05. The van der Waals surface area contributed by atoms with Crippen LogP contribution in [0.2, 0.25) is 0 Å². The first-order valence-corrected chi connectivity index (χ1v) is 6.83. The molecule has 1 aliphatic rings. The van der Waals surface area contributed by atoms with Gasteiger partial charge in [0.05, 0.1) is 17.8 Å². The number of likely N-dealkylation sites (tertiary alicyclic amines) is 1. The average Bonchev–Trinajstić information content (AvgIpc) is 3.00. The van der Waals surface area contributed by atoms with Gasteiger partial charge in [-0.05, 0) is 51.9 Å². The number of hydrogen-bond donors (Lipinski definition) is 2. The molecule has 0 saturated carbocycles. The quantitative estimate of drug-likeness (QED) is 0.841. The average molecular weight is 265 g/mol. The summed E-state index contributed by atoms with van der Waals surface area (Å²) in [6, 6.07) is 3.94. The van der Waals surface area contributed by atoms with Gasteiger partial charge in [-0.1, -0.05) is 0 Å². The van der Waals surface area contributed by atoms with E-state index < -0.39 is 5.54 Å². The number of carbonyl (C=O) groups excluding carboxylic acids is 1. The molecule has 106 valence electrons. The first-order chi connectivity index (χ1) is 8.98. The summed E-state index contributed by atoms with van der Waals surface area (Å²) in [4.78, 5) is 14.2. The molecule has 3 N–H and O–H groups in total. The second kappa shape index (κ2) is 5.75. The molecule has 5 nitrogen and oxygen atoms in total. The molecule has 0 bridgehead atoms. The lowest BCUT2D eigenvalue weighted by Gasteiger charge is -2.27. The molecule has 1 amide bonds. The molecule has 1 saturated heterocycles. The van der Waals surface area contributed by atoms with Crippen LogP contribution in [-0.2, 0) is 4.79 Å². The lowest BCUT2D eigenvalue weighted by molar-refractivity contribution is -0.125. The van der Waals surface area contributed by atoms with E-state index in [1.54, 1.807) is 20.1 Å². The molecule has 0 radical (unpaired) electrons. The third-order valence-electron chi connectivity index (χ3n) is 3.49. The highest BCUT2D eigenvalue weighted by Crippen LogP contribution is 2.24. The highest BCUT2D eigenvalue weighted by Gasteiger charge is 2.28. The van der Waals surface area contributed by atoms with E-state index in [4.69, 9.17) is 10.2 Å². The van der Waals surface area contributed by atoms with E-state index in [1.807, 2.05) is 12.1 Å². The standard InChI is InChI=1S/C14H23N3O2/c1-14(2,15)13(18)16-10-11(12-6-5-9-19-12)17-7-3-4-8-17/h5-6,9,11H,3-4,7-8,10,15H2,1-2H3,(H,16,18). The van der Waals surface area contributed by atoms with Crippen LogP contribution < -0.4 is 11.1 Å². The van der Waals surface area contributed by atoms with Crippen molar-refractivity contribution < 1.29 is 9.21 Å². The number of carbonyl (C=O) groups is 1. The van der Waals surface area contributed by atoms with Crippen LogP contribution in [0, 0.1) is 0 Å². The smallest absolute Gasteiger partial charge is 0.239 e. The largest absolute Gasteiger partial charge is 0.468 e. The fourth-order valence-corrected chi connectivity index (χ4v) is 2.36. The molecular weight excluding hydrogens is 242 g/mol. The van der Waals surface area contributed by atoms with Crippen LogP contribution in [0.15, 0.2) is 22.8 Å². The molecule has 1 unspecified atom stereocenters. The maximum absolute atomic E-state index is 11.9. The lowest BCUT2D eigenvalue weighted by Crippen LogP contribution is -2.50. The van der Waals surface area contributed by atoms with Crippen molar-refractivity contribution in [2.75, 3.05) is 19.6 Å². The highest BCUT2D eigenvalue weighted by molar-refractivity contribution is 5.85. The maximum Gasteiger partial charge on any atom is 0.239 e. The first-order valence-electron chi connectivity index (χ1n) is 6.83. The molecule has 1 aromatic heterocycles. The molecular formula is C14H23N3O2. The lowest BCUT2D eigenvalue weighted by atomic mass is 10.1. The number of hydrogen-bond acceptors (Lipinski definition) is 4. The molecule has 0 aromatic carbocycles. The minimum Gasteiger partial charge on any atom is -0.468 e. The molecule has 0 aliphatic carbocycles. The Hall–Kier alpha value is -1.33. The Morgan fingerprint density at radius 3 is 2.74 bits per heavy atom. The molecule has 1 atom stereocenters. The van der Waals surface area contributed by atoms with Gasteiger partial charge < -0.3 is 15.5 Å². The van der Waals surface area contributed by atoms with Gasteiger partial charge in [0.1, 0.15) is 5.76 Å². The molecule has 1 aromatic rings. The van der Waals surface area contributed by atoms with Crippen molar-refractivity contribution in [3.63, 3.8) is 0 Å². The minimum atomic E-state index is -0.848. The molecule has 1 aliphatic heterocycles. The second-order valence-corrected chi connectivity index (χ2v) is 5.71. The number of nitrogens with one attached hydrogen (secondary N) is 1. The van der Waals surface area contributed by atoms with E-state index in [1.165, 1.54) is 12.8 Å². The van der Waals surface area contributed by atoms with Crippen LogP contribution in [0.1, 0.15) is 38.5 Å². The van der Waals surface area contributed by atoms with Gasteiger partial charge in [0.2, 0.25) is 5.91 Å². The van der Waals surface area contributed by atoms with Gasteiger partial charge in [0.15, 0.2) is 0 Å². The van der Waals surface area contributed by atoms with E-state index in [-0.39, 0.29) is 11.9 Å². The van der Waals surface area contributed by atoms with Gasteiger partial charge in [0, 0.05) is 6.54 Å². The topological polar surface area (TPSA) is 71.5 Å². The number of rotatable bonds is 5. The number of nitrogens with zero attached hydrogens (tertiary/aromatic N) is 1. The fourth-order valence-electron chi connectivity index (χ4n) is 2.36. The normalized spacial score (nSPS) is 18.5. The number of nitrogens with two attached hydrogens (primary N) is 1. The summed E-state index contributed by atoms with van der Waals surface area (Å²) >= 11 is 0. The summed E-state index contributed by atoms with van der Waals surface area (Å²) in [6.07, 6.45) is 4.08. The van der Waals surface area contributed by atoms with Gasteiger partial charge in [-0.2, -0.15) is 0 Å². The summed E-state index contributed by atoms with van der Waals surface area (Å²) in [5, 5.41) is 2.92. The summed E-state index contributed by atoms with van der Waals surface area (Å²) in [5.74, 6) is 0.764. The van der Waals surface area contributed by atoms with Crippen LogP contribution in [0.5, 0.6) is 0 Å². The molecule has 1 fully saturated rings. The van der Waals surface area contributed by atoms with E-state index in [2.05, 4.69) is 10.2 Å². The Bertz CT molecular complexity index is 403. The maximum atomic E-state index is 11.9. The van der Waals surface area contributed by atoms with E-state index in [0.717, 1.165) is 18.8 Å². The molecule has 2 heterocycles. The first kappa shape index (κ1) is 14.1. The van der Waals surface area contributed by atoms with Gasteiger partial charge in [-0.3, -0.25) is 9.69 Å². The van der Waals surface area contributed by atoms with Gasteiger partial charge >= 0.3 is 0 Å². The Labute approximate surface area is 114 Å². The number of amides is 1. The van der Waals surface area contributed by atoms with Crippen molar-refractivity contribution in [1.82, 2.24) is 10.2 Å². The Morgan fingerprint density at radius 1 is 1.53 bits per heavy atom. The minimum absolute atomic E-state index is 0.101. The fraction of sp³-hybridized carbons (Fsp3) is 0.643. The molecule has 5 heteroatoms. The molecule has 2 rings (SSSR count). The van der Waals surface area contributed by atoms with Crippen molar-refractivity contribution in [3.05, 3.63) is 24.2 Å². The number of furan rings is 1. The molecule has 0 spiro atoms. The summed E-state index contributed by atoms with van der Waals surface area (Å²) in [7, 11) is 0. The van der Waals surface area contributed by atoms with Crippen LogP contribution in [0.4, 0.5) is 0 Å². The Balaban J connectivity index is 2.00. The van der Waals surface area contributed by atoms with Crippen LogP contribution in [0.3, 0.4) is 0 Å². The molecule has 19 heavy (non-hydrogen) atoms. The van der Waals surface area contributed by atoms with Crippen molar-refractivity contribution in [2.45, 2.75) is 38.3 Å². The van der Waals surface area contributed by atoms with Crippen LogP contribution >= 0.6 is 0 Å². The zero-order valence-electron chi connectivity index (χ0n) is 11.7. The Morgan fingerprint density at radius 2 is 2.21 bits per heavy atom. The zero-order chi connectivity index (χ0) is 13.9. The zero-order valence-corrected chi connectivity index (χ0v) is 11.7. The predicted octanol–water partition coefficient (Wildman–Crippen LogP) is 1.27. The highest BCUT2D eigenvalue weighted by atomic mass is 16.3. The second-order valence-electron chi connectivity index (χ2n) is 5.71. The van der Waals surface area contributed by atoms with E-state index in [0.29, 0.717) is 6.54 Å². The van der Waals surface area contributed by atoms with Crippen LogP contribution in [-0.4, -0.2) is 36.0 Å². The van der Waals surface area contributed by atoms with Crippen LogP contribution in [0.25, 0.3) is 0 Å². The van der Waals surface area contributed by atoms with Crippen molar-refractivity contribution >= 4 is 5.91 Å². The van der Waals surface area contributed by atoms with Gasteiger partial charge in [-0.25, -0.2) is 0 Å². The van der Waals surface area contributed by atoms with E-state index in [9.17, 15) is 4.79 Å². The van der Waals surface area contributed by atoms with Gasteiger partial charge in [-0.15, -0.1) is 0 Å². The monoisotopic (exact) mass is 265 g/mol.